The van der Waals surface area contributed by atoms with Crippen LogP contribution >= 0.6 is 0 Å². The van der Waals surface area contributed by atoms with Gasteiger partial charge >= 0.3 is 0 Å². The third-order valence-corrected chi connectivity index (χ3v) is 1.89. The van der Waals surface area contributed by atoms with E-state index in [-0.39, 0.29) is 0 Å². The molecule has 0 bridgehead atoms. The van der Waals surface area contributed by atoms with Crippen LogP contribution in [0.1, 0.15) is 32.6 Å². The number of allylic oxidation sites excluding steroid dienone is 1. The minimum absolute atomic E-state index is 0.806. The molecule has 0 rings (SSSR count). The van der Waals surface area contributed by atoms with E-state index in [0.29, 0.717) is 0 Å². The maximum atomic E-state index is 5.46. The first-order valence-corrected chi connectivity index (χ1v) is 4.87. The Morgan fingerprint density at radius 1 is 1.42 bits per heavy atom. The highest BCUT2D eigenvalue weighted by molar-refractivity contribution is 5.01. The third-order valence-electron chi connectivity index (χ3n) is 1.89. The van der Waals surface area contributed by atoms with Crippen molar-refractivity contribution < 1.29 is 0 Å². The largest absolute Gasteiger partial charge is 0.330 e. The van der Waals surface area contributed by atoms with Crippen molar-refractivity contribution in [2.24, 2.45) is 5.73 Å². The fourth-order valence-electron chi connectivity index (χ4n) is 1.23. The van der Waals surface area contributed by atoms with Gasteiger partial charge in [-0.05, 0) is 45.8 Å². The van der Waals surface area contributed by atoms with E-state index < -0.39 is 0 Å². The predicted molar refractivity (Wildman–Crippen MR) is 55.2 cm³/mol. The van der Waals surface area contributed by atoms with E-state index in [9.17, 15) is 0 Å². The molecule has 0 aromatic rings. The topological polar surface area (TPSA) is 38.0 Å². The van der Waals surface area contributed by atoms with Gasteiger partial charge in [0, 0.05) is 0 Å². The highest BCUT2D eigenvalue weighted by atomic mass is 14.8. The van der Waals surface area contributed by atoms with E-state index in [1.807, 2.05) is 7.05 Å². The molecule has 0 aromatic carbocycles. The van der Waals surface area contributed by atoms with E-state index in [0.717, 1.165) is 25.9 Å². The van der Waals surface area contributed by atoms with Gasteiger partial charge in [-0.1, -0.05) is 18.6 Å². The summed E-state index contributed by atoms with van der Waals surface area (Å²) in [7, 11) is 1.99. The molecule has 0 saturated heterocycles. The quantitative estimate of drug-likeness (QED) is 0.570. The lowest BCUT2D eigenvalue weighted by molar-refractivity contribution is 0.726. The molecule has 3 N–H and O–H groups in total. The second-order valence-electron chi connectivity index (χ2n) is 3.02. The van der Waals surface area contributed by atoms with E-state index in [2.05, 4.69) is 18.3 Å². The highest BCUT2D eigenvalue weighted by Gasteiger charge is 1.95. The van der Waals surface area contributed by atoms with Gasteiger partial charge in [0.15, 0.2) is 0 Å². The first-order chi connectivity index (χ1) is 5.85. The Balaban J connectivity index is 3.62. The molecule has 0 heterocycles. The molecule has 0 fully saturated rings. The lowest BCUT2D eigenvalue weighted by Gasteiger charge is -2.05. The van der Waals surface area contributed by atoms with Crippen molar-refractivity contribution in [1.29, 1.82) is 0 Å². The molecule has 0 saturated carbocycles. The molecule has 2 nitrogen and oxygen atoms in total. The van der Waals surface area contributed by atoms with Crippen molar-refractivity contribution in [3.05, 3.63) is 11.6 Å². The monoisotopic (exact) mass is 170 g/mol. The van der Waals surface area contributed by atoms with Crippen LogP contribution < -0.4 is 11.1 Å². The molecule has 0 aromatic heterocycles. The highest BCUT2D eigenvalue weighted by Crippen LogP contribution is 2.09. The van der Waals surface area contributed by atoms with Crippen LogP contribution in [0.15, 0.2) is 11.6 Å². The summed E-state index contributed by atoms with van der Waals surface area (Å²) in [5, 5.41) is 3.16. The second-order valence-corrected chi connectivity index (χ2v) is 3.02. The number of hydrogen-bond donors (Lipinski definition) is 2. The van der Waals surface area contributed by atoms with Crippen molar-refractivity contribution in [2.75, 3.05) is 20.1 Å². The van der Waals surface area contributed by atoms with Gasteiger partial charge in [0.25, 0.3) is 0 Å². The zero-order chi connectivity index (χ0) is 9.23. The maximum Gasteiger partial charge on any atom is -0.00146 e. The Morgan fingerprint density at radius 3 is 2.67 bits per heavy atom. The predicted octanol–water partition coefficient (Wildman–Crippen LogP) is 1.67. The summed E-state index contributed by atoms with van der Waals surface area (Å²) < 4.78 is 0. The van der Waals surface area contributed by atoms with Crippen molar-refractivity contribution in [2.45, 2.75) is 32.6 Å². The van der Waals surface area contributed by atoms with Crippen LogP contribution in [0.5, 0.6) is 0 Å². The standard InChI is InChI=1S/C10H22N2/c1-3-5-10(6-4-8-11)7-9-12-2/h5,12H,3-4,6-9,11H2,1-2H3. The van der Waals surface area contributed by atoms with Crippen LogP contribution in [-0.2, 0) is 0 Å². The maximum absolute atomic E-state index is 5.46. The number of hydrogen-bond acceptors (Lipinski definition) is 2. The Morgan fingerprint density at radius 2 is 2.17 bits per heavy atom. The molecule has 12 heavy (non-hydrogen) atoms. The lowest BCUT2D eigenvalue weighted by Crippen LogP contribution is -2.09. The van der Waals surface area contributed by atoms with Crippen molar-refractivity contribution in [1.82, 2.24) is 5.32 Å². The van der Waals surface area contributed by atoms with E-state index in [4.69, 9.17) is 5.73 Å². The van der Waals surface area contributed by atoms with Gasteiger partial charge in [-0.2, -0.15) is 0 Å². The smallest absolute Gasteiger partial charge is 0.00146 e. The molecule has 0 atom stereocenters. The summed E-state index contributed by atoms with van der Waals surface area (Å²) >= 11 is 0. The fraction of sp³-hybridized carbons (Fsp3) is 0.800. The van der Waals surface area contributed by atoms with Crippen LogP contribution in [0.25, 0.3) is 0 Å². The van der Waals surface area contributed by atoms with Crippen molar-refractivity contribution in [3.8, 4) is 0 Å². The summed E-state index contributed by atoms with van der Waals surface area (Å²) in [5.41, 5.74) is 7.01. The Labute approximate surface area is 76.2 Å². The van der Waals surface area contributed by atoms with Crippen LogP contribution in [0.2, 0.25) is 0 Å². The molecule has 0 spiro atoms. The SMILES string of the molecule is CCC=C(CCCN)CCNC. The molecular formula is C10H22N2. The van der Waals surface area contributed by atoms with Gasteiger partial charge in [-0.25, -0.2) is 0 Å². The van der Waals surface area contributed by atoms with Gasteiger partial charge in [0.2, 0.25) is 0 Å². The number of nitrogens with two attached hydrogens (primary N) is 1. The zero-order valence-electron chi connectivity index (χ0n) is 8.40. The van der Waals surface area contributed by atoms with Crippen LogP contribution in [-0.4, -0.2) is 20.1 Å². The molecular weight excluding hydrogens is 148 g/mol. The van der Waals surface area contributed by atoms with Crippen LogP contribution in [0.4, 0.5) is 0 Å². The molecule has 0 aliphatic rings. The molecule has 0 radical (unpaired) electrons. The van der Waals surface area contributed by atoms with Crippen LogP contribution in [0, 0.1) is 0 Å². The molecule has 72 valence electrons. The molecule has 0 unspecified atom stereocenters. The number of rotatable bonds is 7. The summed E-state index contributed by atoms with van der Waals surface area (Å²) in [6.45, 7) is 4.07. The Bertz CT molecular complexity index is 109. The first kappa shape index (κ1) is 11.7. The third kappa shape index (κ3) is 6.38. The van der Waals surface area contributed by atoms with Crippen molar-refractivity contribution in [3.63, 3.8) is 0 Å². The minimum atomic E-state index is 0.806. The average molecular weight is 170 g/mol. The van der Waals surface area contributed by atoms with E-state index >= 15 is 0 Å². The average Bonchev–Trinajstić information content (AvgIpc) is 2.10. The van der Waals surface area contributed by atoms with Gasteiger partial charge < -0.3 is 11.1 Å². The Hall–Kier alpha value is -0.340. The first-order valence-electron chi connectivity index (χ1n) is 4.87. The Kier molecular flexibility index (Phi) is 8.51. The molecule has 0 amide bonds. The van der Waals surface area contributed by atoms with Crippen molar-refractivity contribution >= 4 is 0 Å². The molecule has 0 aliphatic carbocycles. The lowest BCUT2D eigenvalue weighted by atomic mass is 10.1. The summed E-state index contributed by atoms with van der Waals surface area (Å²) in [6, 6.07) is 0. The summed E-state index contributed by atoms with van der Waals surface area (Å²) in [6.07, 6.45) is 6.93. The molecule has 2 heteroatoms. The summed E-state index contributed by atoms with van der Waals surface area (Å²) in [5.74, 6) is 0. The zero-order valence-corrected chi connectivity index (χ0v) is 8.40. The van der Waals surface area contributed by atoms with Gasteiger partial charge in [0.1, 0.15) is 0 Å². The second kappa shape index (κ2) is 8.75. The summed E-state index contributed by atoms with van der Waals surface area (Å²) in [4.78, 5) is 0. The van der Waals surface area contributed by atoms with E-state index in [1.54, 1.807) is 5.57 Å². The van der Waals surface area contributed by atoms with Gasteiger partial charge in [-0.15, -0.1) is 0 Å². The van der Waals surface area contributed by atoms with E-state index in [1.165, 1.54) is 12.8 Å². The van der Waals surface area contributed by atoms with Crippen LogP contribution in [0.3, 0.4) is 0 Å². The number of nitrogens with one attached hydrogen (secondary N) is 1. The fourth-order valence-corrected chi connectivity index (χ4v) is 1.23. The van der Waals surface area contributed by atoms with Gasteiger partial charge in [-0.3, -0.25) is 0 Å². The molecule has 0 aliphatic heterocycles. The normalized spacial score (nSPS) is 12.1. The van der Waals surface area contributed by atoms with Gasteiger partial charge in [0.05, 0.1) is 0 Å². The minimum Gasteiger partial charge on any atom is -0.330 e.